The quantitative estimate of drug-likeness (QED) is 0.809. The lowest BCUT2D eigenvalue weighted by Gasteiger charge is -2.15. The van der Waals surface area contributed by atoms with Crippen molar-refractivity contribution < 1.29 is 0 Å². The summed E-state index contributed by atoms with van der Waals surface area (Å²) < 4.78 is 0. The van der Waals surface area contributed by atoms with E-state index in [9.17, 15) is 0 Å². The minimum absolute atomic E-state index is 0.268. The molecule has 0 aliphatic heterocycles. The summed E-state index contributed by atoms with van der Waals surface area (Å²) >= 11 is 1.88. The number of aryl methyl sites for hydroxylation is 2. The van der Waals surface area contributed by atoms with Crippen LogP contribution in [0, 0.1) is 19.8 Å². The summed E-state index contributed by atoms with van der Waals surface area (Å²) in [7, 11) is 0. The molecule has 0 fully saturated rings. The van der Waals surface area contributed by atoms with Gasteiger partial charge in [-0.3, -0.25) is 0 Å². The van der Waals surface area contributed by atoms with E-state index in [4.69, 9.17) is 5.73 Å². The highest BCUT2D eigenvalue weighted by atomic mass is 32.1. The first-order chi connectivity index (χ1) is 7.00. The molecule has 1 rings (SSSR count). The van der Waals surface area contributed by atoms with Crippen LogP contribution in [-0.4, -0.2) is 12.6 Å². The van der Waals surface area contributed by atoms with Crippen LogP contribution in [0.25, 0.3) is 0 Å². The van der Waals surface area contributed by atoms with Gasteiger partial charge in [-0.25, -0.2) is 0 Å². The smallest absolute Gasteiger partial charge is 0.0300 e. The molecule has 0 saturated carbocycles. The molecule has 3 heteroatoms. The van der Waals surface area contributed by atoms with E-state index < -0.39 is 0 Å². The molecule has 86 valence electrons. The zero-order valence-electron chi connectivity index (χ0n) is 10.1. The minimum atomic E-state index is 0.268. The maximum atomic E-state index is 5.81. The standard InChI is InChI=1S/C12H22N2S/c1-8-5-12(15-11(8)4)7-14-6-9(2)10(3)13/h5,9-10,14H,6-7,13H2,1-4H3. The van der Waals surface area contributed by atoms with Crippen molar-refractivity contribution in [1.29, 1.82) is 0 Å². The summed E-state index contributed by atoms with van der Waals surface area (Å²) in [6, 6.07) is 2.54. The van der Waals surface area contributed by atoms with Gasteiger partial charge < -0.3 is 11.1 Å². The first-order valence-corrected chi connectivity index (χ1v) is 6.34. The zero-order chi connectivity index (χ0) is 11.4. The van der Waals surface area contributed by atoms with Gasteiger partial charge in [-0.1, -0.05) is 6.92 Å². The van der Waals surface area contributed by atoms with Crippen LogP contribution in [0.5, 0.6) is 0 Å². The summed E-state index contributed by atoms with van der Waals surface area (Å²) in [6.45, 7) is 10.5. The molecular formula is C12H22N2S. The van der Waals surface area contributed by atoms with E-state index in [0.29, 0.717) is 5.92 Å². The van der Waals surface area contributed by atoms with Gasteiger partial charge >= 0.3 is 0 Å². The van der Waals surface area contributed by atoms with Gasteiger partial charge in [0.1, 0.15) is 0 Å². The van der Waals surface area contributed by atoms with Gasteiger partial charge in [-0.2, -0.15) is 0 Å². The van der Waals surface area contributed by atoms with E-state index in [2.05, 4.69) is 39.1 Å². The Kier molecular flexibility index (Phi) is 4.77. The third-order valence-corrected chi connectivity index (χ3v) is 4.03. The second-order valence-electron chi connectivity index (χ2n) is 4.42. The second-order valence-corrected chi connectivity index (χ2v) is 5.76. The first kappa shape index (κ1) is 12.7. The minimum Gasteiger partial charge on any atom is -0.328 e. The normalized spacial score (nSPS) is 15.3. The van der Waals surface area contributed by atoms with E-state index in [1.54, 1.807) is 0 Å². The van der Waals surface area contributed by atoms with E-state index in [1.165, 1.54) is 15.3 Å². The Morgan fingerprint density at radius 2 is 2.07 bits per heavy atom. The Morgan fingerprint density at radius 1 is 1.40 bits per heavy atom. The van der Waals surface area contributed by atoms with Crippen molar-refractivity contribution in [2.45, 2.75) is 40.3 Å². The molecule has 1 aromatic heterocycles. The van der Waals surface area contributed by atoms with Gasteiger partial charge in [-0.05, 0) is 44.9 Å². The number of nitrogens with one attached hydrogen (secondary N) is 1. The van der Waals surface area contributed by atoms with Gasteiger partial charge in [0.05, 0.1) is 0 Å². The number of rotatable bonds is 5. The van der Waals surface area contributed by atoms with Gasteiger partial charge in [0.2, 0.25) is 0 Å². The average molecular weight is 226 g/mol. The van der Waals surface area contributed by atoms with Crippen LogP contribution >= 0.6 is 11.3 Å². The van der Waals surface area contributed by atoms with Crippen molar-refractivity contribution in [3.63, 3.8) is 0 Å². The molecule has 0 radical (unpaired) electrons. The fourth-order valence-electron chi connectivity index (χ4n) is 1.35. The molecule has 1 aromatic rings. The molecule has 0 bridgehead atoms. The Balaban J connectivity index is 2.32. The van der Waals surface area contributed by atoms with E-state index in [1.807, 2.05) is 11.3 Å². The van der Waals surface area contributed by atoms with E-state index >= 15 is 0 Å². The van der Waals surface area contributed by atoms with Crippen LogP contribution in [0.3, 0.4) is 0 Å². The third kappa shape index (κ3) is 3.93. The Labute approximate surface area is 96.9 Å². The van der Waals surface area contributed by atoms with Gasteiger partial charge in [0.15, 0.2) is 0 Å². The highest BCUT2D eigenvalue weighted by Crippen LogP contribution is 2.20. The van der Waals surface area contributed by atoms with Crippen molar-refractivity contribution in [2.24, 2.45) is 11.7 Å². The van der Waals surface area contributed by atoms with Crippen LogP contribution in [0.1, 0.15) is 29.2 Å². The predicted octanol–water partition coefficient (Wildman–Crippen LogP) is 2.44. The van der Waals surface area contributed by atoms with Gasteiger partial charge in [-0.15, -0.1) is 11.3 Å². The fourth-order valence-corrected chi connectivity index (χ4v) is 2.37. The molecule has 0 aromatic carbocycles. The van der Waals surface area contributed by atoms with E-state index in [-0.39, 0.29) is 6.04 Å². The lowest BCUT2D eigenvalue weighted by atomic mass is 10.1. The molecule has 0 aliphatic carbocycles. The van der Waals surface area contributed by atoms with Crippen molar-refractivity contribution in [1.82, 2.24) is 5.32 Å². The number of hydrogen-bond acceptors (Lipinski definition) is 3. The second kappa shape index (κ2) is 5.64. The summed E-state index contributed by atoms with van der Waals surface area (Å²) in [4.78, 5) is 2.84. The van der Waals surface area contributed by atoms with Crippen LogP contribution in [0.15, 0.2) is 6.07 Å². The van der Waals surface area contributed by atoms with Gasteiger partial charge in [0.25, 0.3) is 0 Å². The summed E-state index contributed by atoms with van der Waals surface area (Å²) in [5.74, 6) is 0.534. The highest BCUT2D eigenvalue weighted by molar-refractivity contribution is 7.12. The van der Waals surface area contributed by atoms with Crippen LogP contribution < -0.4 is 11.1 Å². The molecule has 0 saturated heterocycles. The Hall–Kier alpha value is -0.380. The van der Waals surface area contributed by atoms with Crippen LogP contribution in [0.2, 0.25) is 0 Å². The summed E-state index contributed by atoms with van der Waals surface area (Å²) in [5, 5.41) is 3.45. The molecule has 0 spiro atoms. The fraction of sp³-hybridized carbons (Fsp3) is 0.667. The maximum absolute atomic E-state index is 5.81. The molecule has 3 N–H and O–H groups in total. The van der Waals surface area contributed by atoms with Crippen molar-refractivity contribution in [2.75, 3.05) is 6.54 Å². The Morgan fingerprint density at radius 3 is 2.53 bits per heavy atom. The zero-order valence-corrected chi connectivity index (χ0v) is 10.9. The predicted molar refractivity (Wildman–Crippen MR) is 68.3 cm³/mol. The third-order valence-electron chi connectivity index (χ3n) is 2.88. The van der Waals surface area contributed by atoms with Crippen LogP contribution in [0.4, 0.5) is 0 Å². The maximum Gasteiger partial charge on any atom is 0.0300 e. The summed E-state index contributed by atoms with van der Waals surface area (Å²) in [5.41, 5.74) is 7.21. The molecule has 0 aliphatic rings. The molecule has 2 unspecified atom stereocenters. The average Bonchev–Trinajstić information content (AvgIpc) is 2.46. The number of nitrogens with two attached hydrogens (primary N) is 1. The molecular weight excluding hydrogens is 204 g/mol. The topological polar surface area (TPSA) is 38.0 Å². The van der Waals surface area contributed by atoms with Gasteiger partial charge in [0, 0.05) is 22.3 Å². The lowest BCUT2D eigenvalue weighted by molar-refractivity contribution is 0.446. The number of thiophene rings is 1. The van der Waals surface area contributed by atoms with Crippen molar-refractivity contribution in [3.8, 4) is 0 Å². The van der Waals surface area contributed by atoms with Crippen LogP contribution in [-0.2, 0) is 6.54 Å². The molecule has 0 amide bonds. The van der Waals surface area contributed by atoms with Crippen molar-refractivity contribution in [3.05, 3.63) is 21.4 Å². The number of hydrogen-bond donors (Lipinski definition) is 2. The first-order valence-electron chi connectivity index (χ1n) is 5.53. The Bertz CT molecular complexity index is 285. The summed E-state index contributed by atoms with van der Waals surface area (Å²) in [6.07, 6.45) is 0. The SMILES string of the molecule is Cc1cc(CNCC(C)C(C)N)sc1C. The monoisotopic (exact) mass is 226 g/mol. The molecule has 2 atom stereocenters. The molecule has 15 heavy (non-hydrogen) atoms. The molecule has 1 heterocycles. The molecule has 2 nitrogen and oxygen atoms in total. The highest BCUT2D eigenvalue weighted by Gasteiger charge is 2.07. The lowest BCUT2D eigenvalue weighted by Crippen LogP contribution is -2.32. The van der Waals surface area contributed by atoms with Crippen molar-refractivity contribution >= 4 is 11.3 Å². The largest absolute Gasteiger partial charge is 0.328 e. The van der Waals surface area contributed by atoms with E-state index in [0.717, 1.165) is 13.1 Å².